The molecule has 4 nitrogen and oxygen atoms in total. The maximum absolute atomic E-state index is 5.79. The molecule has 2 rings (SSSR count). The third kappa shape index (κ3) is 3.18. The average Bonchev–Trinajstić information content (AvgIpc) is 2.39. The monoisotopic (exact) mass is 245 g/mol. The van der Waals surface area contributed by atoms with Gasteiger partial charge in [-0.15, -0.1) is 0 Å². The fourth-order valence-electron chi connectivity index (χ4n) is 1.84. The summed E-state index contributed by atoms with van der Waals surface area (Å²) in [6.45, 7) is 3.07. The van der Waals surface area contributed by atoms with Gasteiger partial charge in [-0.1, -0.05) is 18.2 Å². The Morgan fingerprint density at radius 1 is 1.22 bits per heavy atom. The van der Waals surface area contributed by atoms with Gasteiger partial charge in [0.05, 0.1) is 0 Å². The van der Waals surface area contributed by atoms with Crippen molar-refractivity contribution in [3.05, 3.63) is 36.5 Å². The first-order valence-electron chi connectivity index (χ1n) is 6.16. The normalized spacial score (nSPS) is 11.1. The molecule has 0 bridgehead atoms. The van der Waals surface area contributed by atoms with Crippen LogP contribution in [0.2, 0.25) is 0 Å². The van der Waals surface area contributed by atoms with Crippen molar-refractivity contribution >= 4 is 10.9 Å². The van der Waals surface area contributed by atoms with Crippen LogP contribution >= 0.6 is 0 Å². The maximum atomic E-state index is 5.79. The molecule has 0 atom stereocenters. The van der Waals surface area contributed by atoms with Gasteiger partial charge in [-0.3, -0.25) is 4.98 Å². The van der Waals surface area contributed by atoms with E-state index in [9.17, 15) is 0 Å². The first kappa shape index (κ1) is 12.8. The Bertz CT molecular complexity index is 496. The molecule has 0 unspecified atom stereocenters. The van der Waals surface area contributed by atoms with Crippen LogP contribution in [-0.4, -0.2) is 43.2 Å². The summed E-state index contributed by atoms with van der Waals surface area (Å²) < 4.78 is 5.79. The highest BCUT2D eigenvalue weighted by atomic mass is 16.5. The number of nitrogens with two attached hydrogens (primary N) is 1. The molecule has 0 saturated carbocycles. The van der Waals surface area contributed by atoms with Gasteiger partial charge in [0.1, 0.15) is 17.9 Å². The van der Waals surface area contributed by atoms with E-state index in [0.29, 0.717) is 13.2 Å². The van der Waals surface area contributed by atoms with Crippen molar-refractivity contribution in [2.45, 2.75) is 0 Å². The predicted octanol–water partition coefficient (Wildman–Crippen LogP) is 1.50. The Morgan fingerprint density at radius 3 is 2.89 bits per heavy atom. The molecule has 1 heterocycles. The number of pyridine rings is 1. The lowest BCUT2D eigenvalue weighted by Gasteiger charge is -2.16. The van der Waals surface area contributed by atoms with E-state index in [1.54, 1.807) is 6.20 Å². The zero-order valence-electron chi connectivity index (χ0n) is 10.7. The summed E-state index contributed by atoms with van der Waals surface area (Å²) >= 11 is 0. The average molecular weight is 245 g/mol. The van der Waals surface area contributed by atoms with Gasteiger partial charge in [0, 0.05) is 31.2 Å². The molecule has 96 valence electrons. The van der Waals surface area contributed by atoms with Crippen LogP contribution in [0.5, 0.6) is 5.75 Å². The van der Waals surface area contributed by atoms with Crippen LogP contribution < -0.4 is 10.5 Å². The number of likely N-dealkylation sites (N-methyl/N-ethyl adjacent to an activating group) is 1. The van der Waals surface area contributed by atoms with E-state index in [-0.39, 0.29) is 0 Å². The van der Waals surface area contributed by atoms with E-state index in [2.05, 4.69) is 9.88 Å². The van der Waals surface area contributed by atoms with E-state index in [4.69, 9.17) is 10.5 Å². The van der Waals surface area contributed by atoms with Gasteiger partial charge in [0.25, 0.3) is 0 Å². The largest absolute Gasteiger partial charge is 0.490 e. The van der Waals surface area contributed by atoms with Crippen LogP contribution in [0.3, 0.4) is 0 Å². The highest BCUT2D eigenvalue weighted by Gasteiger charge is 2.03. The summed E-state index contributed by atoms with van der Waals surface area (Å²) in [7, 11) is 2.04. The fraction of sp³-hybridized carbons (Fsp3) is 0.357. The van der Waals surface area contributed by atoms with Crippen molar-refractivity contribution < 1.29 is 4.74 Å². The van der Waals surface area contributed by atoms with Crippen molar-refractivity contribution in [1.29, 1.82) is 0 Å². The van der Waals surface area contributed by atoms with Crippen LogP contribution in [0, 0.1) is 0 Å². The molecule has 2 aromatic rings. The van der Waals surface area contributed by atoms with E-state index in [1.807, 2.05) is 37.4 Å². The van der Waals surface area contributed by atoms with Crippen molar-refractivity contribution in [2.75, 3.05) is 33.3 Å². The Balaban J connectivity index is 1.99. The molecule has 1 aromatic heterocycles. The number of hydrogen-bond acceptors (Lipinski definition) is 4. The Kier molecular flexibility index (Phi) is 4.50. The first-order valence-corrected chi connectivity index (χ1v) is 6.16. The zero-order chi connectivity index (χ0) is 12.8. The molecule has 0 fully saturated rings. The number of hydrogen-bond donors (Lipinski definition) is 1. The molecule has 0 radical (unpaired) electrons. The maximum Gasteiger partial charge on any atom is 0.145 e. The third-order valence-electron chi connectivity index (χ3n) is 2.84. The summed E-state index contributed by atoms with van der Waals surface area (Å²) in [5.41, 5.74) is 6.41. The molecule has 0 aliphatic carbocycles. The van der Waals surface area contributed by atoms with Gasteiger partial charge in [0.2, 0.25) is 0 Å². The third-order valence-corrected chi connectivity index (χ3v) is 2.84. The number of nitrogens with zero attached hydrogens (tertiary/aromatic N) is 2. The van der Waals surface area contributed by atoms with Gasteiger partial charge in [-0.25, -0.2) is 0 Å². The first-order chi connectivity index (χ1) is 8.81. The van der Waals surface area contributed by atoms with Crippen molar-refractivity contribution in [3.63, 3.8) is 0 Å². The number of ether oxygens (including phenoxy) is 1. The second kappa shape index (κ2) is 6.33. The minimum atomic E-state index is 0.645. The molecule has 0 amide bonds. The highest BCUT2D eigenvalue weighted by Crippen LogP contribution is 2.22. The predicted molar refractivity (Wildman–Crippen MR) is 73.8 cm³/mol. The number of aromatic nitrogens is 1. The van der Waals surface area contributed by atoms with Gasteiger partial charge < -0.3 is 15.4 Å². The lowest BCUT2D eigenvalue weighted by Crippen LogP contribution is -2.29. The number of fused-ring (bicyclic) bond motifs is 1. The number of para-hydroxylation sites is 1. The van der Waals surface area contributed by atoms with Crippen LogP contribution in [0.4, 0.5) is 0 Å². The molecule has 4 heteroatoms. The quantitative estimate of drug-likeness (QED) is 0.838. The summed E-state index contributed by atoms with van der Waals surface area (Å²) in [5, 5.41) is 1.10. The van der Waals surface area contributed by atoms with E-state index >= 15 is 0 Å². The van der Waals surface area contributed by atoms with Gasteiger partial charge in [-0.2, -0.15) is 0 Å². The standard InChI is InChI=1S/C14H19N3O/c1-17(9-7-15)10-11-18-13-6-2-4-12-5-3-8-16-14(12)13/h2-6,8H,7,9-11,15H2,1H3. The van der Waals surface area contributed by atoms with Gasteiger partial charge >= 0.3 is 0 Å². The second-order valence-corrected chi connectivity index (χ2v) is 4.27. The van der Waals surface area contributed by atoms with Crippen molar-refractivity contribution in [3.8, 4) is 5.75 Å². The minimum Gasteiger partial charge on any atom is -0.490 e. The molecular weight excluding hydrogens is 226 g/mol. The Hall–Kier alpha value is -1.65. The topological polar surface area (TPSA) is 51.4 Å². The molecule has 2 N–H and O–H groups in total. The summed E-state index contributed by atoms with van der Waals surface area (Å²) in [5.74, 6) is 0.842. The zero-order valence-corrected chi connectivity index (χ0v) is 10.7. The summed E-state index contributed by atoms with van der Waals surface area (Å²) in [6.07, 6.45) is 1.79. The summed E-state index contributed by atoms with van der Waals surface area (Å²) in [4.78, 5) is 6.51. The molecule has 0 aliphatic rings. The lowest BCUT2D eigenvalue weighted by atomic mass is 10.2. The van der Waals surface area contributed by atoms with Gasteiger partial charge in [-0.05, 0) is 19.2 Å². The molecule has 0 aliphatic heterocycles. The molecule has 1 aromatic carbocycles. The van der Waals surface area contributed by atoms with Crippen LogP contribution in [0.15, 0.2) is 36.5 Å². The van der Waals surface area contributed by atoms with E-state index in [1.165, 1.54) is 0 Å². The van der Waals surface area contributed by atoms with Crippen molar-refractivity contribution in [1.82, 2.24) is 9.88 Å². The smallest absolute Gasteiger partial charge is 0.145 e. The Morgan fingerprint density at radius 2 is 2.06 bits per heavy atom. The molecule has 0 spiro atoms. The van der Waals surface area contributed by atoms with Crippen LogP contribution in [0.25, 0.3) is 10.9 Å². The van der Waals surface area contributed by atoms with Crippen LogP contribution in [0.1, 0.15) is 0 Å². The fourth-order valence-corrected chi connectivity index (χ4v) is 1.84. The summed E-state index contributed by atoms with van der Waals surface area (Å²) in [6, 6.07) is 9.95. The van der Waals surface area contributed by atoms with Crippen LogP contribution in [-0.2, 0) is 0 Å². The number of rotatable bonds is 6. The minimum absolute atomic E-state index is 0.645. The SMILES string of the molecule is CN(CCN)CCOc1cccc2cccnc12. The molecule has 18 heavy (non-hydrogen) atoms. The number of benzene rings is 1. The van der Waals surface area contributed by atoms with Crippen molar-refractivity contribution in [2.24, 2.45) is 5.73 Å². The highest BCUT2D eigenvalue weighted by molar-refractivity contribution is 5.84. The lowest BCUT2D eigenvalue weighted by molar-refractivity contribution is 0.242. The Labute approximate surface area is 107 Å². The van der Waals surface area contributed by atoms with E-state index < -0.39 is 0 Å². The van der Waals surface area contributed by atoms with E-state index in [0.717, 1.165) is 29.7 Å². The van der Waals surface area contributed by atoms with Gasteiger partial charge in [0.15, 0.2) is 0 Å². The molecule has 0 saturated heterocycles. The molecular formula is C14H19N3O. The second-order valence-electron chi connectivity index (χ2n) is 4.27.